The van der Waals surface area contributed by atoms with Crippen molar-refractivity contribution in [3.05, 3.63) is 51.2 Å². The highest BCUT2D eigenvalue weighted by Gasteiger charge is 2.30. The van der Waals surface area contributed by atoms with E-state index in [4.69, 9.17) is 32.8 Å². The van der Waals surface area contributed by atoms with E-state index in [1.165, 1.54) is 13.2 Å². The van der Waals surface area contributed by atoms with E-state index in [9.17, 15) is 14.4 Å². The lowest BCUT2D eigenvalue weighted by Gasteiger charge is -2.29. The van der Waals surface area contributed by atoms with Gasteiger partial charge in [0.2, 0.25) is 5.43 Å². The third-order valence-electron chi connectivity index (χ3n) is 6.83. The van der Waals surface area contributed by atoms with Gasteiger partial charge in [0, 0.05) is 24.1 Å². The fraction of sp³-hybridized carbons (Fsp3) is 0.457. The number of carbonyl (C=O) groups excluding carboxylic acids is 2. The highest BCUT2D eigenvalue weighted by Crippen LogP contribution is 2.44. The SMILES string of the molecule is CCOC(=O)CCCOc1c2c(cc3oc4cc(OC(=O)OC(C)(C)C)c(OC)c(CC=C(C)C)c4c(=O)c13)OC(C)(C)C=C2. The van der Waals surface area contributed by atoms with Crippen LogP contribution in [0.2, 0.25) is 0 Å². The van der Waals surface area contributed by atoms with Gasteiger partial charge in [-0.2, -0.15) is 0 Å². The van der Waals surface area contributed by atoms with Gasteiger partial charge >= 0.3 is 12.1 Å². The van der Waals surface area contributed by atoms with E-state index in [1.54, 1.807) is 33.8 Å². The Kier molecular flexibility index (Phi) is 9.85. The summed E-state index contributed by atoms with van der Waals surface area (Å²) in [5.74, 6) is 0.693. The van der Waals surface area contributed by atoms with Gasteiger partial charge < -0.3 is 32.8 Å². The Labute approximate surface area is 262 Å². The molecule has 2 aromatic carbocycles. The number of hydrogen-bond donors (Lipinski definition) is 0. The van der Waals surface area contributed by atoms with Crippen LogP contribution in [0.25, 0.3) is 28.0 Å². The molecule has 1 aliphatic heterocycles. The molecule has 0 saturated heterocycles. The summed E-state index contributed by atoms with van der Waals surface area (Å²) < 4.78 is 40.6. The summed E-state index contributed by atoms with van der Waals surface area (Å²) in [7, 11) is 1.44. The molecule has 0 radical (unpaired) electrons. The quantitative estimate of drug-likeness (QED) is 0.0732. The zero-order valence-electron chi connectivity index (χ0n) is 27.5. The Morgan fingerprint density at radius 3 is 2.40 bits per heavy atom. The van der Waals surface area contributed by atoms with Crippen LogP contribution < -0.4 is 24.4 Å². The number of carbonyl (C=O) groups is 2. The average molecular weight is 623 g/mol. The van der Waals surface area contributed by atoms with Gasteiger partial charge in [-0.05, 0) is 80.4 Å². The molecule has 0 N–H and O–H groups in total. The molecule has 4 rings (SSSR count). The highest BCUT2D eigenvalue weighted by molar-refractivity contribution is 5.99. The summed E-state index contributed by atoms with van der Waals surface area (Å²) in [5, 5.41) is 0.470. The van der Waals surface area contributed by atoms with E-state index < -0.39 is 17.4 Å². The number of hydrogen-bond acceptors (Lipinski definition) is 10. The van der Waals surface area contributed by atoms with Crippen molar-refractivity contribution in [2.24, 2.45) is 0 Å². The molecular weight excluding hydrogens is 580 g/mol. The second kappa shape index (κ2) is 13.3. The molecule has 0 fully saturated rings. The smallest absolute Gasteiger partial charge is 0.493 e. The molecule has 0 unspecified atom stereocenters. The van der Waals surface area contributed by atoms with Crippen LogP contribution in [-0.2, 0) is 20.7 Å². The van der Waals surface area contributed by atoms with Crippen LogP contribution in [0, 0.1) is 0 Å². The lowest BCUT2D eigenvalue weighted by atomic mass is 9.97. The van der Waals surface area contributed by atoms with Gasteiger partial charge in [-0.1, -0.05) is 11.6 Å². The third-order valence-corrected chi connectivity index (χ3v) is 6.83. The molecule has 0 saturated carbocycles. The number of rotatable bonds is 10. The molecule has 0 bridgehead atoms. The van der Waals surface area contributed by atoms with Gasteiger partial charge in [0.25, 0.3) is 0 Å². The molecule has 2 heterocycles. The molecular formula is C35H42O10. The summed E-state index contributed by atoms with van der Waals surface area (Å²) in [6, 6.07) is 3.12. The topological polar surface area (TPSA) is 120 Å². The maximum absolute atomic E-state index is 14.5. The Morgan fingerprint density at radius 2 is 1.76 bits per heavy atom. The van der Waals surface area contributed by atoms with E-state index in [0.29, 0.717) is 36.3 Å². The first-order valence-electron chi connectivity index (χ1n) is 15.0. The fourth-order valence-electron chi connectivity index (χ4n) is 4.94. The van der Waals surface area contributed by atoms with Crippen molar-refractivity contribution in [3.63, 3.8) is 0 Å². The molecule has 1 aromatic heterocycles. The number of esters is 1. The molecule has 1 aliphatic rings. The second-order valence-corrected chi connectivity index (χ2v) is 12.5. The standard InChI is InChI=1S/C35H42O10/c1-10-40-27(36)12-11-17-41-32-21-15-16-35(7,8)44-23(21)18-25-29(32)30(37)28-22(14-13-20(2)3)31(39-9)26(19-24(28)42-25)43-33(38)45-34(4,5)6/h13,15-16,18-19H,10-12,14,17H2,1-9H3. The molecule has 10 heteroatoms. The van der Waals surface area contributed by atoms with E-state index in [2.05, 4.69) is 0 Å². The van der Waals surface area contributed by atoms with Gasteiger partial charge in [-0.3, -0.25) is 9.59 Å². The summed E-state index contributed by atoms with van der Waals surface area (Å²) >= 11 is 0. The Morgan fingerprint density at radius 1 is 1.04 bits per heavy atom. The monoisotopic (exact) mass is 622 g/mol. The van der Waals surface area contributed by atoms with Crippen molar-refractivity contribution >= 4 is 40.1 Å². The maximum Gasteiger partial charge on any atom is 0.514 e. The number of methoxy groups -OCH3 is 1. The number of benzene rings is 2. The number of fused-ring (bicyclic) bond motifs is 3. The molecule has 0 atom stereocenters. The molecule has 0 spiro atoms. The van der Waals surface area contributed by atoms with Crippen molar-refractivity contribution in [2.45, 2.75) is 85.9 Å². The van der Waals surface area contributed by atoms with Crippen LogP contribution in [0.5, 0.6) is 23.0 Å². The first kappa shape index (κ1) is 33.4. The van der Waals surface area contributed by atoms with Crippen LogP contribution in [0.4, 0.5) is 4.79 Å². The van der Waals surface area contributed by atoms with Crippen molar-refractivity contribution in [2.75, 3.05) is 20.3 Å². The number of allylic oxidation sites excluding steroid dienone is 2. The first-order chi connectivity index (χ1) is 21.1. The summed E-state index contributed by atoms with van der Waals surface area (Å²) in [5.41, 5.74) is 0.727. The van der Waals surface area contributed by atoms with Gasteiger partial charge in [0.1, 0.15) is 39.3 Å². The normalized spacial score (nSPS) is 13.5. The maximum atomic E-state index is 14.5. The molecule has 0 amide bonds. The van der Waals surface area contributed by atoms with E-state index in [1.807, 2.05) is 45.9 Å². The zero-order chi connectivity index (χ0) is 33.1. The van der Waals surface area contributed by atoms with Gasteiger partial charge in [0.05, 0.1) is 31.3 Å². The number of ether oxygens (including phenoxy) is 6. The molecule has 3 aromatic rings. The van der Waals surface area contributed by atoms with Gasteiger partial charge in [0.15, 0.2) is 11.5 Å². The molecule has 242 valence electrons. The Bertz CT molecular complexity index is 1730. The van der Waals surface area contributed by atoms with Crippen LogP contribution in [0.1, 0.15) is 79.4 Å². The van der Waals surface area contributed by atoms with Crippen molar-refractivity contribution in [1.29, 1.82) is 0 Å². The minimum Gasteiger partial charge on any atom is -0.493 e. The van der Waals surface area contributed by atoms with Gasteiger partial charge in [-0.25, -0.2) is 4.79 Å². The van der Waals surface area contributed by atoms with Crippen LogP contribution in [0.15, 0.2) is 39.1 Å². The average Bonchev–Trinajstić information content (AvgIpc) is 2.91. The predicted octanol–water partition coefficient (Wildman–Crippen LogP) is 7.68. The third kappa shape index (κ3) is 7.79. The molecule has 45 heavy (non-hydrogen) atoms. The lowest BCUT2D eigenvalue weighted by Crippen LogP contribution is -2.27. The second-order valence-electron chi connectivity index (χ2n) is 12.5. The Balaban J connectivity index is 1.97. The molecule has 10 nitrogen and oxygen atoms in total. The zero-order valence-corrected chi connectivity index (χ0v) is 27.5. The minimum absolute atomic E-state index is 0.0487. The minimum atomic E-state index is -0.925. The predicted molar refractivity (Wildman–Crippen MR) is 172 cm³/mol. The van der Waals surface area contributed by atoms with E-state index in [-0.39, 0.29) is 63.6 Å². The van der Waals surface area contributed by atoms with Crippen LogP contribution in [-0.4, -0.2) is 43.7 Å². The molecule has 0 aliphatic carbocycles. The fourth-order valence-corrected chi connectivity index (χ4v) is 4.94. The Hall–Kier alpha value is -4.47. The first-order valence-corrected chi connectivity index (χ1v) is 15.0. The van der Waals surface area contributed by atoms with Gasteiger partial charge in [-0.15, -0.1) is 0 Å². The van der Waals surface area contributed by atoms with E-state index >= 15 is 0 Å². The van der Waals surface area contributed by atoms with Crippen molar-refractivity contribution in [1.82, 2.24) is 0 Å². The highest BCUT2D eigenvalue weighted by atomic mass is 16.7. The lowest BCUT2D eigenvalue weighted by molar-refractivity contribution is -0.143. The van der Waals surface area contributed by atoms with Crippen molar-refractivity contribution < 1.29 is 42.4 Å². The van der Waals surface area contributed by atoms with Crippen LogP contribution in [0.3, 0.4) is 0 Å². The van der Waals surface area contributed by atoms with E-state index in [0.717, 1.165) is 5.57 Å². The largest absolute Gasteiger partial charge is 0.514 e. The van der Waals surface area contributed by atoms with Crippen molar-refractivity contribution in [3.8, 4) is 23.0 Å². The van der Waals surface area contributed by atoms with Crippen LogP contribution >= 0.6 is 0 Å². The summed E-state index contributed by atoms with van der Waals surface area (Å²) in [6.45, 7) is 15.1. The summed E-state index contributed by atoms with van der Waals surface area (Å²) in [4.78, 5) is 39.1. The summed E-state index contributed by atoms with van der Waals surface area (Å²) in [6.07, 6.45) is 5.61.